The van der Waals surface area contributed by atoms with Crippen LogP contribution in [0.4, 0.5) is 13.2 Å². The molecule has 6 heteroatoms. The lowest BCUT2D eigenvalue weighted by Crippen LogP contribution is -2.49. The van der Waals surface area contributed by atoms with Crippen LogP contribution >= 0.6 is 0 Å². The van der Waals surface area contributed by atoms with Gasteiger partial charge in [-0.25, -0.2) is 0 Å². The van der Waals surface area contributed by atoms with E-state index in [4.69, 9.17) is 4.74 Å². The summed E-state index contributed by atoms with van der Waals surface area (Å²) in [6.07, 6.45) is -0.327. The molecule has 1 spiro atoms. The number of nitrogens with one attached hydrogen (secondary N) is 1. The third-order valence-corrected chi connectivity index (χ3v) is 4.17. The zero-order valence-electron chi connectivity index (χ0n) is 11.6. The highest BCUT2D eigenvalue weighted by atomic mass is 19.4. The molecule has 2 aliphatic rings. The van der Waals surface area contributed by atoms with Crippen LogP contribution in [0.25, 0.3) is 0 Å². The maximum Gasteiger partial charge on any atom is 0.573 e. The highest BCUT2D eigenvalue weighted by Crippen LogP contribution is 2.39. The van der Waals surface area contributed by atoms with Crippen LogP contribution in [0, 0.1) is 0 Å². The van der Waals surface area contributed by atoms with Crippen molar-refractivity contribution < 1.29 is 22.6 Å². The Balaban J connectivity index is 1.69. The molecule has 0 radical (unpaired) electrons. The molecule has 1 N–H and O–H groups in total. The summed E-state index contributed by atoms with van der Waals surface area (Å²) in [5.74, 6) is -0.203. The second-order valence-electron chi connectivity index (χ2n) is 5.74. The maximum atomic E-state index is 12.1. The van der Waals surface area contributed by atoms with Crippen molar-refractivity contribution in [2.45, 2.75) is 43.8 Å². The summed E-state index contributed by atoms with van der Waals surface area (Å²) >= 11 is 0. The van der Waals surface area contributed by atoms with Crippen LogP contribution in [0.5, 0.6) is 5.75 Å². The summed E-state index contributed by atoms with van der Waals surface area (Å²) in [5.41, 5.74) is 0.785. The third-order valence-electron chi connectivity index (χ3n) is 4.17. The lowest BCUT2D eigenvalue weighted by atomic mass is 9.97. The van der Waals surface area contributed by atoms with Crippen LogP contribution in [0.1, 0.15) is 37.4 Å². The normalized spacial score (nSPS) is 25.2. The van der Waals surface area contributed by atoms with Gasteiger partial charge in [0.1, 0.15) is 5.75 Å². The fourth-order valence-electron chi connectivity index (χ4n) is 3.20. The molecule has 3 nitrogen and oxygen atoms in total. The Morgan fingerprint density at radius 1 is 1.14 bits per heavy atom. The van der Waals surface area contributed by atoms with E-state index in [0.717, 1.165) is 24.9 Å². The molecule has 1 aromatic rings. The number of ether oxygens (including phenoxy) is 2. The van der Waals surface area contributed by atoms with Gasteiger partial charge in [0.2, 0.25) is 0 Å². The van der Waals surface area contributed by atoms with Gasteiger partial charge in [-0.2, -0.15) is 0 Å². The standard InChI is InChI=1S/C15H18F3NO2/c16-15(17,18)20-12-5-3-11(4-6-12)13-9-19-10-14(21-13)7-1-2-8-14/h3-6,13,19H,1-2,7-10H2. The van der Waals surface area contributed by atoms with Gasteiger partial charge in [0, 0.05) is 13.1 Å². The maximum absolute atomic E-state index is 12.1. The average Bonchev–Trinajstić information content (AvgIpc) is 2.86. The molecule has 1 aliphatic heterocycles. The molecule has 0 amide bonds. The van der Waals surface area contributed by atoms with Crippen molar-refractivity contribution in [3.05, 3.63) is 29.8 Å². The number of hydrogen-bond donors (Lipinski definition) is 1. The number of halogens is 3. The van der Waals surface area contributed by atoms with E-state index in [9.17, 15) is 13.2 Å². The summed E-state index contributed by atoms with van der Waals surface area (Å²) in [7, 11) is 0. The van der Waals surface area contributed by atoms with E-state index in [1.54, 1.807) is 12.1 Å². The number of hydrogen-bond acceptors (Lipinski definition) is 3. The molecular formula is C15H18F3NO2. The highest BCUT2D eigenvalue weighted by molar-refractivity contribution is 5.29. The van der Waals surface area contributed by atoms with Gasteiger partial charge >= 0.3 is 6.36 Å². The molecule has 0 aromatic heterocycles. The quantitative estimate of drug-likeness (QED) is 0.906. The van der Waals surface area contributed by atoms with Crippen LogP contribution in [0.15, 0.2) is 24.3 Å². The minimum atomic E-state index is -4.65. The predicted molar refractivity (Wildman–Crippen MR) is 71.0 cm³/mol. The first kappa shape index (κ1) is 14.7. The van der Waals surface area contributed by atoms with Crippen LogP contribution in [-0.4, -0.2) is 25.1 Å². The summed E-state index contributed by atoms with van der Waals surface area (Å²) in [6.45, 7) is 1.54. The van der Waals surface area contributed by atoms with Crippen molar-refractivity contribution in [2.75, 3.05) is 13.1 Å². The monoisotopic (exact) mass is 301 g/mol. The van der Waals surface area contributed by atoms with Crippen LogP contribution < -0.4 is 10.1 Å². The van der Waals surface area contributed by atoms with Gasteiger partial charge in [0.15, 0.2) is 0 Å². The van der Waals surface area contributed by atoms with E-state index < -0.39 is 6.36 Å². The first-order chi connectivity index (χ1) is 9.96. The summed E-state index contributed by atoms with van der Waals surface area (Å²) < 4.78 is 46.5. The Hall–Kier alpha value is -1.27. The van der Waals surface area contributed by atoms with Crippen molar-refractivity contribution in [3.8, 4) is 5.75 Å². The summed E-state index contributed by atoms with van der Waals surface area (Å²) in [6, 6.07) is 5.95. The van der Waals surface area contributed by atoms with E-state index in [0.29, 0.717) is 6.54 Å². The van der Waals surface area contributed by atoms with Gasteiger partial charge in [0.05, 0.1) is 11.7 Å². The first-order valence-corrected chi connectivity index (χ1v) is 7.20. The van der Waals surface area contributed by atoms with Crippen molar-refractivity contribution >= 4 is 0 Å². The third kappa shape index (κ3) is 3.49. The number of benzene rings is 1. The number of rotatable bonds is 2. The van der Waals surface area contributed by atoms with Gasteiger partial charge in [-0.1, -0.05) is 25.0 Å². The predicted octanol–water partition coefficient (Wildman–Crippen LogP) is 3.56. The second-order valence-corrected chi connectivity index (χ2v) is 5.74. The molecule has 1 atom stereocenters. The Morgan fingerprint density at radius 3 is 2.43 bits per heavy atom. The van der Waals surface area contributed by atoms with Gasteiger partial charge in [-0.05, 0) is 30.5 Å². The smallest absolute Gasteiger partial charge is 0.406 e. The summed E-state index contributed by atoms with van der Waals surface area (Å²) in [4.78, 5) is 0. The number of morpholine rings is 1. The first-order valence-electron chi connectivity index (χ1n) is 7.20. The minimum absolute atomic E-state index is 0.0932. The van der Waals surface area contributed by atoms with Crippen molar-refractivity contribution in [1.82, 2.24) is 5.32 Å². The molecule has 1 heterocycles. The lowest BCUT2D eigenvalue weighted by molar-refractivity contribution is -0.274. The zero-order valence-corrected chi connectivity index (χ0v) is 11.6. The van der Waals surface area contributed by atoms with E-state index >= 15 is 0 Å². The van der Waals surface area contributed by atoms with Crippen molar-refractivity contribution in [3.63, 3.8) is 0 Å². The van der Waals surface area contributed by atoms with Gasteiger partial charge in [-0.15, -0.1) is 13.2 Å². The lowest BCUT2D eigenvalue weighted by Gasteiger charge is -2.39. The van der Waals surface area contributed by atoms with E-state index in [2.05, 4.69) is 10.1 Å². The molecular weight excluding hydrogens is 283 g/mol. The van der Waals surface area contributed by atoms with Crippen molar-refractivity contribution in [2.24, 2.45) is 0 Å². The van der Waals surface area contributed by atoms with Gasteiger partial charge in [0.25, 0.3) is 0 Å². The van der Waals surface area contributed by atoms with Gasteiger partial charge in [-0.3, -0.25) is 0 Å². The Morgan fingerprint density at radius 2 is 1.81 bits per heavy atom. The van der Waals surface area contributed by atoms with Crippen LogP contribution in [0.2, 0.25) is 0 Å². The molecule has 116 valence electrons. The van der Waals surface area contributed by atoms with E-state index in [1.807, 2.05) is 0 Å². The molecule has 3 rings (SSSR count). The van der Waals surface area contributed by atoms with Gasteiger partial charge < -0.3 is 14.8 Å². The molecule has 21 heavy (non-hydrogen) atoms. The second kappa shape index (κ2) is 5.50. The highest BCUT2D eigenvalue weighted by Gasteiger charge is 2.40. The average molecular weight is 301 g/mol. The molecule has 0 bridgehead atoms. The largest absolute Gasteiger partial charge is 0.573 e. The molecule has 2 fully saturated rings. The molecule has 1 saturated heterocycles. The minimum Gasteiger partial charge on any atom is -0.406 e. The van der Waals surface area contributed by atoms with Crippen LogP contribution in [0.3, 0.4) is 0 Å². The van der Waals surface area contributed by atoms with E-state index in [-0.39, 0.29) is 17.5 Å². The Kier molecular flexibility index (Phi) is 3.84. The Labute approximate surface area is 121 Å². The van der Waals surface area contributed by atoms with E-state index in [1.165, 1.54) is 25.0 Å². The molecule has 1 saturated carbocycles. The number of alkyl halides is 3. The van der Waals surface area contributed by atoms with Crippen molar-refractivity contribution in [1.29, 1.82) is 0 Å². The molecule has 1 aliphatic carbocycles. The van der Waals surface area contributed by atoms with Crippen LogP contribution in [-0.2, 0) is 4.74 Å². The molecule has 1 aromatic carbocycles. The summed E-state index contributed by atoms with van der Waals surface area (Å²) in [5, 5.41) is 3.38. The zero-order chi connectivity index (χ0) is 14.9. The topological polar surface area (TPSA) is 30.5 Å². The Bertz CT molecular complexity index is 481. The fraction of sp³-hybridized carbons (Fsp3) is 0.600. The SMILES string of the molecule is FC(F)(F)Oc1ccc(C2CNCC3(CCCC3)O2)cc1. The molecule has 1 unspecified atom stereocenters. The fourth-order valence-corrected chi connectivity index (χ4v) is 3.20.